The Balaban J connectivity index is 1.55. The van der Waals surface area contributed by atoms with E-state index >= 15 is 0 Å². The number of hydrogen-bond acceptors (Lipinski definition) is 6. The van der Waals surface area contributed by atoms with Crippen molar-refractivity contribution in [2.45, 2.75) is 37.4 Å². The minimum Gasteiger partial charge on any atom is -0.496 e. The third-order valence-electron chi connectivity index (χ3n) is 5.89. The summed E-state index contributed by atoms with van der Waals surface area (Å²) in [5, 5.41) is 20.6. The molecule has 2 amide bonds. The Morgan fingerprint density at radius 2 is 1.97 bits per heavy atom. The second-order valence-corrected chi connectivity index (χ2v) is 7.72. The number of amides is 2. The van der Waals surface area contributed by atoms with Gasteiger partial charge in [-0.2, -0.15) is 0 Å². The van der Waals surface area contributed by atoms with Gasteiger partial charge in [0, 0.05) is 37.2 Å². The molecule has 1 saturated carbocycles. The molecule has 0 saturated heterocycles. The highest BCUT2D eigenvalue weighted by atomic mass is 19.1. The molecule has 0 bridgehead atoms. The Morgan fingerprint density at radius 1 is 1.19 bits per heavy atom. The molecule has 0 aliphatic heterocycles. The molecule has 3 atom stereocenters. The maximum absolute atomic E-state index is 13.5. The predicted octanol–water partition coefficient (Wildman–Crippen LogP) is 2.14. The fourth-order valence-electron chi connectivity index (χ4n) is 4.35. The maximum atomic E-state index is 13.5. The molecule has 1 fully saturated rings. The van der Waals surface area contributed by atoms with Crippen molar-refractivity contribution in [3.63, 3.8) is 0 Å². The largest absolute Gasteiger partial charge is 0.496 e. The average Bonchev–Trinajstić information content (AvgIpc) is 3.48. The van der Waals surface area contributed by atoms with Crippen LogP contribution in [0.15, 0.2) is 48.8 Å². The normalized spacial score (nSPS) is 20.2. The Morgan fingerprint density at radius 3 is 2.66 bits per heavy atom. The fraction of sp³-hybridized carbons (Fsp3) is 0.364. The first-order valence-electron chi connectivity index (χ1n) is 10.5. The highest BCUT2D eigenvalue weighted by Crippen LogP contribution is 2.36. The van der Waals surface area contributed by atoms with E-state index in [1.807, 2.05) is 18.2 Å². The van der Waals surface area contributed by atoms with Gasteiger partial charge in [-0.3, -0.25) is 0 Å². The molecule has 0 spiro atoms. The van der Waals surface area contributed by atoms with E-state index < -0.39 is 0 Å². The first kappa shape index (κ1) is 21.7. The predicted molar refractivity (Wildman–Crippen MR) is 116 cm³/mol. The molecule has 168 valence electrons. The zero-order valence-electron chi connectivity index (χ0n) is 18.0. The number of hydrogen-bond donors (Lipinski definition) is 3. The molecular weight excluding hydrogens is 413 g/mol. The van der Waals surface area contributed by atoms with Crippen LogP contribution in [-0.4, -0.2) is 52.5 Å². The number of nitrogens with zero attached hydrogens (tertiary/aromatic N) is 4. The van der Waals surface area contributed by atoms with Crippen molar-refractivity contribution in [2.24, 2.45) is 0 Å². The van der Waals surface area contributed by atoms with Crippen LogP contribution in [0.2, 0.25) is 0 Å². The maximum Gasteiger partial charge on any atom is 0.314 e. The van der Waals surface area contributed by atoms with Crippen molar-refractivity contribution >= 4 is 6.03 Å². The number of benzene rings is 2. The van der Waals surface area contributed by atoms with Gasteiger partial charge in [0.2, 0.25) is 0 Å². The summed E-state index contributed by atoms with van der Waals surface area (Å²) in [6.07, 6.45) is 3.22. The molecule has 4 rings (SSSR count). The summed E-state index contributed by atoms with van der Waals surface area (Å²) >= 11 is 0. The molecule has 3 N–H and O–H groups in total. The van der Waals surface area contributed by atoms with E-state index in [4.69, 9.17) is 4.74 Å². The summed E-state index contributed by atoms with van der Waals surface area (Å²) in [5.74, 6) is 0.475. The Labute approximate surface area is 185 Å². The second kappa shape index (κ2) is 9.73. The molecule has 1 aliphatic rings. The van der Waals surface area contributed by atoms with E-state index in [0.717, 1.165) is 35.4 Å². The molecule has 1 aliphatic carbocycles. The number of rotatable bonds is 7. The molecule has 3 unspecified atom stereocenters. The van der Waals surface area contributed by atoms with Crippen LogP contribution >= 0.6 is 0 Å². The van der Waals surface area contributed by atoms with Gasteiger partial charge >= 0.3 is 6.03 Å². The van der Waals surface area contributed by atoms with E-state index in [9.17, 15) is 9.18 Å². The zero-order valence-corrected chi connectivity index (χ0v) is 18.0. The van der Waals surface area contributed by atoms with Crippen LogP contribution < -0.4 is 20.7 Å². The van der Waals surface area contributed by atoms with E-state index in [1.165, 1.54) is 18.5 Å². The van der Waals surface area contributed by atoms with Gasteiger partial charge in [-0.25, -0.2) is 13.9 Å². The lowest BCUT2D eigenvalue weighted by Crippen LogP contribution is -2.44. The molecule has 10 heteroatoms. The molecule has 1 heterocycles. The van der Waals surface area contributed by atoms with Gasteiger partial charge in [0.1, 0.15) is 17.9 Å². The van der Waals surface area contributed by atoms with Crippen molar-refractivity contribution in [2.75, 3.05) is 14.2 Å². The molecule has 0 radical (unpaired) electrons. The first-order valence-corrected chi connectivity index (χ1v) is 10.5. The molecule has 2 aromatic carbocycles. The molecule has 9 nitrogen and oxygen atoms in total. The summed E-state index contributed by atoms with van der Waals surface area (Å²) in [5.41, 5.74) is 2.77. The number of aromatic nitrogens is 4. The number of tetrazole rings is 1. The number of urea groups is 1. The van der Waals surface area contributed by atoms with Crippen LogP contribution in [0.5, 0.6) is 5.75 Å². The topological polar surface area (TPSA) is 106 Å². The Kier molecular flexibility index (Phi) is 6.60. The van der Waals surface area contributed by atoms with Crippen molar-refractivity contribution in [1.29, 1.82) is 0 Å². The molecule has 1 aromatic heterocycles. The minimum atomic E-state index is -0.281. The van der Waals surface area contributed by atoms with Crippen LogP contribution in [0.4, 0.5) is 9.18 Å². The number of ether oxygens (including phenoxy) is 1. The fourth-order valence-corrected chi connectivity index (χ4v) is 4.35. The quantitative estimate of drug-likeness (QED) is 0.521. The van der Waals surface area contributed by atoms with Crippen LogP contribution in [0, 0.1) is 5.82 Å². The highest BCUT2D eigenvalue weighted by molar-refractivity contribution is 5.74. The van der Waals surface area contributed by atoms with Crippen LogP contribution in [0.1, 0.15) is 29.9 Å². The number of nitrogens with one attached hydrogen (secondary N) is 3. The van der Waals surface area contributed by atoms with Gasteiger partial charge in [0.15, 0.2) is 0 Å². The van der Waals surface area contributed by atoms with Crippen LogP contribution in [-0.2, 0) is 6.54 Å². The Hall–Kier alpha value is -3.53. The van der Waals surface area contributed by atoms with Gasteiger partial charge in [-0.1, -0.05) is 12.1 Å². The molecular formula is C22H26FN7O2. The third-order valence-corrected chi connectivity index (χ3v) is 5.89. The zero-order chi connectivity index (χ0) is 22.5. The lowest BCUT2D eigenvalue weighted by atomic mass is 9.90. The average molecular weight is 439 g/mol. The first-order chi connectivity index (χ1) is 15.6. The number of halogens is 1. The van der Waals surface area contributed by atoms with Crippen LogP contribution in [0.3, 0.4) is 0 Å². The Bertz CT molecular complexity index is 1040. The monoisotopic (exact) mass is 439 g/mol. The van der Waals surface area contributed by atoms with Gasteiger partial charge in [0.05, 0.1) is 12.8 Å². The number of methoxy groups -OCH3 is 1. The smallest absolute Gasteiger partial charge is 0.314 e. The van der Waals surface area contributed by atoms with Gasteiger partial charge in [-0.15, -0.1) is 5.10 Å². The van der Waals surface area contributed by atoms with Crippen molar-refractivity contribution in [3.8, 4) is 11.4 Å². The van der Waals surface area contributed by atoms with Gasteiger partial charge < -0.3 is 20.7 Å². The third kappa shape index (κ3) is 4.70. The summed E-state index contributed by atoms with van der Waals surface area (Å²) in [4.78, 5) is 12.0. The highest BCUT2D eigenvalue weighted by Gasteiger charge is 2.37. The van der Waals surface area contributed by atoms with E-state index in [2.05, 4.69) is 31.5 Å². The van der Waals surface area contributed by atoms with E-state index in [0.29, 0.717) is 6.54 Å². The lowest BCUT2D eigenvalue weighted by Gasteiger charge is -2.27. The molecule has 32 heavy (non-hydrogen) atoms. The van der Waals surface area contributed by atoms with Crippen molar-refractivity contribution in [1.82, 2.24) is 36.2 Å². The van der Waals surface area contributed by atoms with Gasteiger partial charge in [0.25, 0.3) is 0 Å². The van der Waals surface area contributed by atoms with E-state index in [-0.39, 0.29) is 29.8 Å². The molecule has 3 aromatic rings. The van der Waals surface area contributed by atoms with Gasteiger partial charge in [-0.05, 0) is 59.2 Å². The van der Waals surface area contributed by atoms with Crippen molar-refractivity contribution < 1.29 is 13.9 Å². The lowest BCUT2D eigenvalue weighted by molar-refractivity contribution is 0.237. The number of carbonyl (C=O) groups excluding carboxylic acids is 1. The SMILES string of the molecule is CNC(=O)NC1CCC(NCc2cc(-n3cnnn3)ccc2OC)C1c1ccc(F)cc1. The minimum absolute atomic E-state index is 0.00147. The van der Waals surface area contributed by atoms with E-state index in [1.54, 1.807) is 31.0 Å². The number of carbonyl (C=O) groups is 1. The second-order valence-electron chi connectivity index (χ2n) is 7.72. The summed E-state index contributed by atoms with van der Waals surface area (Å²) < 4.78 is 20.6. The van der Waals surface area contributed by atoms with Crippen LogP contribution in [0.25, 0.3) is 5.69 Å². The van der Waals surface area contributed by atoms with Crippen molar-refractivity contribution in [3.05, 3.63) is 65.7 Å². The summed E-state index contributed by atoms with van der Waals surface area (Å²) in [6.45, 7) is 0.550. The standard InChI is InChI=1S/C22H26FN7O2/c1-24-22(31)27-19-9-8-18(21(19)14-3-5-16(23)6-4-14)25-12-15-11-17(7-10-20(15)32-2)30-13-26-28-29-30/h3-7,10-11,13,18-19,21,25H,8-9,12H2,1-2H3,(H2,24,27,31). The summed E-state index contributed by atoms with van der Waals surface area (Å²) in [6, 6.07) is 12.0. The summed E-state index contributed by atoms with van der Waals surface area (Å²) in [7, 11) is 3.23.